The van der Waals surface area contributed by atoms with Crippen molar-refractivity contribution in [3.63, 3.8) is 0 Å². The molecule has 0 atom stereocenters. The summed E-state index contributed by atoms with van der Waals surface area (Å²) in [6, 6.07) is 15.0. The van der Waals surface area contributed by atoms with E-state index in [1.54, 1.807) is 0 Å². The molecular formula is C36H48N3O11S2+. The van der Waals surface area contributed by atoms with E-state index in [4.69, 9.17) is 23.7 Å². The summed E-state index contributed by atoms with van der Waals surface area (Å²) in [4.78, 5) is 11.7. The third-order valence-electron chi connectivity index (χ3n) is 8.50. The van der Waals surface area contributed by atoms with Gasteiger partial charge in [-0.15, -0.1) is 0 Å². The number of hydrogen-bond donors (Lipinski definition) is 3. The minimum Gasteiger partial charge on any atom is -0.481 e. The fourth-order valence-corrected chi connectivity index (χ4v) is 7.69. The Balaban J connectivity index is 1.63. The van der Waals surface area contributed by atoms with Gasteiger partial charge in [-0.25, -0.2) is 17.7 Å². The van der Waals surface area contributed by atoms with Crippen LogP contribution in [-0.4, -0.2) is 105 Å². The van der Waals surface area contributed by atoms with Gasteiger partial charge in [0.05, 0.1) is 57.0 Å². The van der Waals surface area contributed by atoms with Crippen LogP contribution in [0.25, 0.3) is 33.4 Å². The van der Waals surface area contributed by atoms with Gasteiger partial charge in [-0.2, -0.15) is 8.42 Å². The zero-order valence-electron chi connectivity index (χ0n) is 30.0. The lowest BCUT2D eigenvalue weighted by atomic mass is 9.93. The largest absolute Gasteiger partial charge is 0.481 e. The molecule has 284 valence electrons. The Morgan fingerprint density at radius 2 is 1.44 bits per heavy atom. The molecule has 0 unspecified atom stereocenters. The molecule has 1 aliphatic carbocycles. The highest BCUT2D eigenvalue weighted by Gasteiger charge is 2.27. The second-order valence-corrected chi connectivity index (χ2v) is 14.9. The molecule has 16 heteroatoms. The van der Waals surface area contributed by atoms with Crippen molar-refractivity contribution in [1.82, 2.24) is 9.30 Å². The van der Waals surface area contributed by atoms with E-state index in [0.717, 1.165) is 43.3 Å². The Labute approximate surface area is 304 Å². The SMILES string of the molecule is CCN(CC)c1ccc2c(-c3ccc(S(=O)(=O)NCCOCCOCCOCCC(=O)O)cc3S(=O)(=O)O)c3ccc(=[N+](CC)CC)cc-3oc2c1. The van der Waals surface area contributed by atoms with Crippen molar-refractivity contribution in [2.75, 3.05) is 77.3 Å². The summed E-state index contributed by atoms with van der Waals surface area (Å²) in [5.74, 6) is -0.445. The van der Waals surface area contributed by atoms with E-state index in [2.05, 4.69) is 14.2 Å². The highest BCUT2D eigenvalue weighted by Crippen LogP contribution is 2.43. The maximum absolute atomic E-state index is 13.3. The monoisotopic (exact) mass is 762 g/mol. The molecule has 0 radical (unpaired) electrons. The van der Waals surface area contributed by atoms with E-state index in [0.29, 0.717) is 27.9 Å². The number of sulfonamides is 1. The first kappa shape index (κ1) is 40.9. The normalized spacial score (nSPS) is 12.1. The first-order valence-electron chi connectivity index (χ1n) is 17.2. The number of nitrogens with zero attached hydrogens (tertiary/aromatic N) is 2. The van der Waals surface area contributed by atoms with Crippen LogP contribution in [0.4, 0.5) is 5.69 Å². The molecule has 0 spiro atoms. The summed E-state index contributed by atoms with van der Waals surface area (Å²) in [5, 5.41) is 10.1. The summed E-state index contributed by atoms with van der Waals surface area (Å²) < 4.78 is 89.8. The third-order valence-corrected chi connectivity index (χ3v) is 10.9. The lowest BCUT2D eigenvalue weighted by Gasteiger charge is -2.22. The van der Waals surface area contributed by atoms with Crippen LogP contribution < -0.4 is 19.6 Å². The van der Waals surface area contributed by atoms with Crippen LogP contribution in [0.3, 0.4) is 0 Å². The Morgan fingerprint density at radius 3 is 2.06 bits per heavy atom. The standard InChI is InChI=1S/C36H47N3O11S2/c1-5-38(6-2)26-9-12-29-32(23-26)50-33-24-27(39(7-3)8-4)10-13-30(33)36(29)31-14-11-28(25-34(31)52(44,45)46)51(42,43)37-16-18-48-20-22-49-21-19-47-17-15-35(40)41/h9-14,23-25,37H,5-8,15-22H2,1-4H3,(H-,40,41,44,45,46)/p+1. The number of hydrogen-bond acceptors (Lipinski definition) is 10. The maximum atomic E-state index is 13.3. The summed E-state index contributed by atoms with van der Waals surface area (Å²) in [6.07, 6.45) is -0.0888. The molecule has 0 saturated carbocycles. The van der Waals surface area contributed by atoms with Crippen molar-refractivity contribution in [2.24, 2.45) is 0 Å². The fraction of sp³-hybridized carbons (Fsp3) is 0.444. The van der Waals surface area contributed by atoms with Gasteiger partial charge in [0.2, 0.25) is 15.4 Å². The van der Waals surface area contributed by atoms with Gasteiger partial charge in [0.25, 0.3) is 10.1 Å². The molecule has 0 saturated heterocycles. The summed E-state index contributed by atoms with van der Waals surface area (Å²) in [7, 11) is -9.13. The van der Waals surface area contributed by atoms with Crippen molar-refractivity contribution < 1.29 is 49.9 Å². The van der Waals surface area contributed by atoms with Crippen LogP contribution in [0.5, 0.6) is 0 Å². The molecule has 3 N–H and O–H groups in total. The number of rotatable bonds is 21. The van der Waals surface area contributed by atoms with Gasteiger partial charge in [-0.05, 0) is 58.0 Å². The molecule has 1 heterocycles. The minimum atomic E-state index is -4.92. The van der Waals surface area contributed by atoms with Crippen molar-refractivity contribution >= 4 is 42.8 Å². The molecule has 1 aliphatic heterocycles. The molecule has 2 aromatic rings. The number of ether oxygens (including phenoxy) is 3. The zero-order chi connectivity index (χ0) is 37.9. The van der Waals surface area contributed by atoms with Gasteiger partial charge in [-0.1, -0.05) is 6.07 Å². The summed E-state index contributed by atoms with van der Waals surface area (Å²) in [5.41, 5.74) is 2.60. The number of fused-ring (bicyclic) bond motifs is 2. The number of carboxylic acids is 1. The summed E-state index contributed by atoms with van der Waals surface area (Å²) >= 11 is 0. The van der Waals surface area contributed by atoms with Crippen molar-refractivity contribution in [3.8, 4) is 22.5 Å². The Hall–Kier alpha value is -3.90. The van der Waals surface area contributed by atoms with Crippen molar-refractivity contribution in [2.45, 2.75) is 43.9 Å². The highest BCUT2D eigenvalue weighted by molar-refractivity contribution is 7.89. The van der Waals surface area contributed by atoms with Gasteiger partial charge in [0.15, 0.2) is 0 Å². The predicted octanol–water partition coefficient (Wildman–Crippen LogP) is 3.91. The van der Waals surface area contributed by atoms with Gasteiger partial charge < -0.3 is 28.6 Å². The number of nitrogens with one attached hydrogen (secondary N) is 1. The molecule has 0 amide bonds. The van der Waals surface area contributed by atoms with E-state index in [9.17, 15) is 26.2 Å². The van der Waals surface area contributed by atoms with Crippen molar-refractivity contribution in [3.05, 3.63) is 60.0 Å². The average Bonchev–Trinajstić information content (AvgIpc) is 3.11. The molecule has 0 fully saturated rings. The van der Waals surface area contributed by atoms with Crippen LogP contribution in [0.15, 0.2) is 68.8 Å². The van der Waals surface area contributed by atoms with Gasteiger partial charge in [0.1, 0.15) is 29.3 Å². The second-order valence-electron chi connectivity index (χ2n) is 11.7. The Bertz CT molecular complexity index is 2090. The summed E-state index contributed by atoms with van der Waals surface area (Å²) in [6.45, 7) is 12.1. The lowest BCUT2D eigenvalue weighted by Crippen LogP contribution is -2.29. The van der Waals surface area contributed by atoms with Gasteiger partial charge in [0, 0.05) is 59.5 Å². The number of carboxylic acid groups (broad SMARTS) is 1. The second kappa shape index (κ2) is 18.7. The quantitative estimate of drug-likeness (QED) is 0.0482. The maximum Gasteiger partial charge on any atom is 0.305 e. The Morgan fingerprint density at radius 1 is 0.808 bits per heavy atom. The van der Waals surface area contributed by atoms with Crippen LogP contribution in [-0.2, 0) is 39.1 Å². The molecule has 0 bridgehead atoms. The molecular weight excluding hydrogens is 715 g/mol. The number of carbonyl (C=O) groups is 1. The molecule has 2 aliphatic rings. The molecule has 2 aromatic carbocycles. The number of aliphatic carboxylic acids is 1. The molecule has 14 nitrogen and oxygen atoms in total. The topological polar surface area (TPSA) is 185 Å². The Kier molecular flexibility index (Phi) is 14.7. The highest BCUT2D eigenvalue weighted by atomic mass is 32.2. The van der Waals surface area contributed by atoms with Crippen LogP contribution >= 0.6 is 0 Å². The first-order chi connectivity index (χ1) is 24.8. The first-order valence-corrected chi connectivity index (χ1v) is 20.2. The van der Waals surface area contributed by atoms with Gasteiger partial charge in [-0.3, -0.25) is 9.35 Å². The van der Waals surface area contributed by atoms with E-state index >= 15 is 0 Å². The van der Waals surface area contributed by atoms with E-state index in [-0.39, 0.29) is 63.1 Å². The smallest absolute Gasteiger partial charge is 0.305 e. The predicted molar refractivity (Wildman–Crippen MR) is 198 cm³/mol. The number of anilines is 1. The minimum absolute atomic E-state index is 0.0113. The lowest BCUT2D eigenvalue weighted by molar-refractivity contribution is -0.138. The number of benzene rings is 3. The fourth-order valence-electron chi connectivity index (χ4n) is 5.85. The van der Waals surface area contributed by atoms with Gasteiger partial charge >= 0.3 is 5.97 Å². The van der Waals surface area contributed by atoms with Crippen LogP contribution in [0.2, 0.25) is 0 Å². The van der Waals surface area contributed by atoms with E-state index in [1.165, 1.54) is 12.1 Å². The third kappa shape index (κ3) is 10.4. The zero-order valence-corrected chi connectivity index (χ0v) is 31.6. The van der Waals surface area contributed by atoms with E-state index < -0.39 is 31.0 Å². The average molecular weight is 763 g/mol. The van der Waals surface area contributed by atoms with Crippen LogP contribution in [0.1, 0.15) is 34.1 Å². The van der Waals surface area contributed by atoms with Crippen LogP contribution in [0, 0.1) is 0 Å². The molecule has 52 heavy (non-hydrogen) atoms. The van der Waals surface area contributed by atoms with Crippen molar-refractivity contribution in [1.29, 1.82) is 0 Å². The van der Waals surface area contributed by atoms with E-state index in [1.807, 2.05) is 64.1 Å². The molecule has 0 aromatic heterocycles. The molecule has 4 rings (SSSR count).